The van der Waals surface area contributed by atoms with Crippen molar-refractivity contribution in [2.45, 2.75) is 19.5 Å². The molecule has 2 aromatic carbocycles. The maximum atomic E-state index is 12.5. The predicted octanol–water partition coefficient (Wildman–Crippen LogP) is 2.34. The van der Waals surface area contributed by atoms with Crippen LogP contribution in [0, 0.1) is 0 Å². The smallest absolute Gasteiger partial charge is 0.235 e. The number of hydrogen-bond donors (Lipinski definition) is 1. The van der Waals surface area contributed by atoms with Gasteiger partial charge in [0.15, 0.2) is 0 Å². The van der Waals surface area contributed by atoms with Crippen molar-refractivity contribution in [3.05, 3.63) is 59.7 Å². The molecule has 28 heavy (non-hydrogen) atoms. The summed E-state index contributed by atoms with van der Waals surface area (Å²) in [5, 5.41) is 2.83. The number of nitrogens with one attached hydrogen (secondary N) is 1. The van der Waals surface area contributed by atoms with E-state index in [1.807, 2.05) is 30.3 Å². The van der Waals surface area contributed by atoms with Gasteiger partial charge < -0.3 is 14.8 Å². The van der Waals surface area contributed by atoms with Crippen LogP contribution in [-0.4, -0.2) is 45.7 Å². The summed E-state index contributed by atoms with van der Waals surface area (Å²) in [6.45, 7) is 1.66. The third-order valence-corrected chi connectivity index (χ3v) is 5.47. The molecule has 0 unspecified atom stereocenters. The maximum Gasteiger partial charge on any atom is 0.235 e. The zero-order valence-electron chi connectivity index (χ0n) is 16.5. The summed E-state index contributed by atoms with van der Waals surface area (Å²) in [5.74, 6) is 0.843. The topological polar surface area (TPSA) is 84.9 Å². The van der Waals surface area contributed by atoms with Crippen molar-refractivity contribution < 1.29 is 22.7 Å². The van der Waals surface area contributed by atoms with Gasteiger partial charge in [0, 0.05) is 12.1 Å². The first-order valence-electron chi connectivity index (χ1n) is 8.75. The molecule has 0 aliphatic rings. The summed E-state index contributed by atoms with van der Waals surface area (Å²) in [7, 11) is -0.450. The van der Waals surface area contributed by atoms with Gasteiger partial charge in [0.2, 0.25) is 15.9 Å². The van der Waals surface area contributed by atoms with E-state index in [0.717, 1.165) is 21.7 Å². The average molecular weight is 407 g/mol. The van der Waals surface area contributed by atoms with Gasteiger partial charge >= 0.3 is 0 Å². The van der Waals surface area contributed by atoms with E-state index >= 15 is 0 Å². The lowest BCUT2D eigenvalue weighted by atomic mass is 10.1. The molecule has 0 aromatic heterocycles. The fraction of sp³-hybridized carbons (Fsp3) is 0.350. The molecule has 8 heteroatoms. The van der Waals surface area contributed by atoms with Gasteiger partial charge in [-0.25, -0.2) is 8.42 Å². The Kier molecular flexibility index (Phi) is 7.42. The summed E-state index contributed by atoms with van der Waals surface area (Å²) >= 11 is 0. The summed E-state index contributed by atoms with van der Waals surface area (Å²) in [5.41, 5.74) is 1.55. The van der Waals surface area contributed by atoms with Gasteiger partial charge in [-0.15, -0.1) is 0 Å². The van der Waals surface area contributed by atoms with E-state index in [1.165, 1.54) is 0 Å². The van der Waals surface area contributed by atoms with Gasteiger partial charge in [-0.2, -0.15) is 4.31 Å². The Labute approximate surface area is 166 Å². The molecule has 0 saturated heterocycles. The zero-order valence-corrected chi connectivity index (χ0v) is 17.3. The van der Waals surface area contributed by atoms with Gasteiger partial charge in [-0.3, -0.25) is 4.79 Å². The van der Waals surface area contributed by atoms with Crippen LogP contribution in [0.5, 0.6) is 11.5 Å². The summed E-state index contributed by atoms with van der Waals surface area (Å²) in [6.07, 6.45) is 1.09. The average Bonchev–Trinajstić information content (AvgIpc) is 2.67. The zero-order chi connectivity index (χ0) is 20.7. The molecular formula is C20H26N2O5S. The van der Waals surface area contributed by atoms with Crippen LogP contribution in [0.4, 0.5) is 0 Å². The highest BCUT2D eigenvalue weighted by Crippen LogP contribution is 2.29. The first-order valence-corrected chi connectivity index (χ1v) is 10.6. The lowest BCUT2D eigenvalue weighted by Gasteiger charge is -2.22. The van der Waals surface area contributed by atoms with E-state index < -0.39 is 22.0 Å². The van der Waals surface area contributed by atoms with E-state index in [9.17, 15) is 13.2 Å². The van der Waals surface area contributed by atoms with Crippen molar-refractivity contribution in [2.24, 2.45) is 0 Å². The lowest BCUT2D eigenvalue weighted by Crippen LogP contribution is -2.40. The molecule has 2 aromatic rings. The van der Waals surface area contributed by atoms with Crippen molar-refractivity contribution in [3.8, 4) is 11.5 Å². The minimum absolute atomic E-state index is 0.129. The van der Waals surface area contributed by atoms with Crippen molar-refractivity contribution in [2.75, 3.05) is 27.0 Å². The Balaban J connectivity index is 2.12. The number of sulfonamides is 1. The third-order valence-electron chi connectivity index (χ3n) is 4.27. The Bertz CT molecular complexity index is 900. The van der Waals surface area contributed by atoms with Gasteiger partial charge in [-0.1, -0.05) is 30.3 Å². The van der Waals surface area contributed by atoms with E-state index in [-0.39, 0.29) is 13.1 Å². The number of carbonyl (C=O) groups is 1. The Morgan fingerprint density at radius 1 is 1.11 bits per heavy atom. The Hall–Kier alpha value is -2.58. The molecule has 0 heterocycles. The van der Waals surface area contributed by atoms with E-state index in [4.69, 9.17) is 9.47 Å². The second kappa shape index (κ2) is 9.57. The highest BCUT2D eigenvalue weighted by Gasteiger charge is 2.22. The van der Waals surface area contributed by atoms with Gasteiger partial charge in [-0.05, 0) is 30.7 Å². The van der Waals surface area contributed by atoms with Gasteiger partial charge in [0.05, 0.1) is 33.1 Å². The van der Waals surface area contributed by atoms with Crippen LogP contribution in [-0.2, 0) is 21.4 Å². The van der Waals surface area contributed by atoms with Crippen molar-refractivity contribution in [3.63, 3.8) is 0 Å². The molecule has 1 atom stereocenters. The fourth-order valence-electron chi connectivity index (χ4n) is 2.78. The van der Waals surface area contributed by atoms with Gasteiger partial charge in [0.1, 0.15) is 11.5 Å². The first-order chi connectivity index (χ1) is 13.2. The van der Waals surface area contributed by atoms with Crippen LogP contribution < -0.4 is 14.8 Å². The number of methoxy groups -OCH3 is 2. The first kappa shape index (κ1) is 21.7. The number of ether oxygens (including phenoxy) is 2. The summed E-state index contributed by atoms with van der Waals surface area (Å²) < 4.78 is 36.0. The maximum absolute atomic E-state index is 12.5. The molecule has 152 valence electrons. The molecule has 0 aliphatic heterocycles. The SMILES string of the molecule is COc1ccc(OC)c([C@@H](C)NC(=O)CN(Cc2ccccc2)S(C)(=O)=O)c1. The van der Waals surface area contributed by atoms with E-state index in [2.05, 4.69) is 5.32 Å². The Morgan fingerprint density at radius 3 is 2.36 bits per heavy atom. The fourth-order valence-corrected chi connectivity index (χ4v) is 3.52. The number of benzene rings is 2. The molecule has 0 aliphatic carbocycles. The highest BCUT2D eigenvalue weighted by molar-refractivity contribution is 7.88. The third kappa shape index (κ3) is 5.97. The molecule has 0 bridgehead atoms. The predicted molar refractivity (Wildman–Crippen MR) is 108 cm³/mol. The van der Waals surface area contributed by atoms with Crippen LogP contribution in [0.2, 0.25) is 0 Å². The summed E-state index contributed by atoms with van der Waals surface area (Å²) in [6, 6.07) is 14.1. The summed E-state index contributed by atoms with van der Waals surface area (Å²) in [4.78, 5) is 12.5. The Morgan fingerprint density at radius 2 is 1.79 bits per heavy atom. The minimum atomic E-state index is -3.55. The number of rotatable bonds is 9. The molecule has 0 radical (unpaired) electrons. The second-order valence-corrected chi connectivity index (χ2v) is 8.40. The van der Waals surface area contributed by atoms with Crippen LogP contribution in [0.1, 0.15) is 24.1 Å². The molecule has 0 fully saturated rings. The van der Waals surface area contributed by atoms with Crippen molar-refractivity contribution >= 4 is 15.9 Å². The number of nitrogens with zero attached hydrogens (tertiary/aromatic N) is 1. The van der Waals surface area contributed by atoms with Crippen LogP contribution >= 0.6 is 0 Å². The van der Waals surface area contributed by atoms with Crippen LogP contribution in [0.3, 0.4) is 0 Å². The van der Waals surface area contributed by atoms with Crippen LogP contribution in [0.25, 0.3) is 0 Å². The molecule has 2 rings (SSSR count). The number of amides is 1. The van der Waals surface area contributed by atoms with E-state index in [1.54, 1.807) is 39.3 Å². The lowest BCUT2D eigenvalue weighted by molar-refractivity contribution is -0.122. The molecular weight excluding hydrogens is 380 g/mol. The second-order valence-electron chi connectivity index (χ2n) is 6.41. The van der Waals surface area contributed by atoms with Crippen molar-refractivity contribution in [1.29, 1.82) is 0 Å². The highest BCUT2D eigenvalue weighted by atomic mass is 32.2. The van der Waals surface area contributed by atoms with Gasteiger partial charge in [0.25, 0.3) is 0 Å². The largest absolute Gasteiger partial charge is 0.497 e. The molecule has 1 amide bonds. The van der Waals surface area contributed by atoms with Crippen LogP contribution in [0.15, 0.2) is 48.5 Å². The number of hydrogen-bond acceptors (Lipinski definition) is 5. The molecule has 0 spiro atoms. The monoisotopic (exact) mass is 406 g/mol. The number of carbonyl (C=O) groups excluding carboxylic acids is 1. The standard InChI is InChI=1S/C20H26N2O5S/c1-15(18-12-17(26-2)10-11-19(18)27-3)21-20(23)14-22(28(4,24)25)13-16-8-6-5-7-9-16/h5-12,15H,13-14H2,1-4H3,(H,21,23)/t15-/m1/s1. The molecule has 0 saturated carbocycles. The van der Waals surface area contributed by atoms with Crippen molar-refractivity contribution in [1.82, 2.24) is 9.62 Å². The quantitative estimate of drug-likeness (QED) is 0.691. The van der Waals surface area contributed by atoms with E-state index in [0.29, 0.717) is 11.5 Å². The minimum Gasteiger partial charge on any atom is -0.497 e. The molecule has 1 N–H and O–H groups in total. The molecule has 7 nitrogen and oxygen atoms in total. The normalized spacial score (nSPS) is 12.5.